The molecule has 1 aliphatic heterocycles. The van der Waals surface area contributed by atoms with Crippen molar-refractivity contribution in [1.29, 1.82) is 0 Å². The van der Waals surface area contributed by atoms with E-state index in [-0.39, 0.29) is 28.5 Å². The molecule has 2 saturated carbocycles. The van der Waals surface area contributed by atoms with Gasteiger partial charge in [0.15, 0.2) is 5.89 Å². The maximum atomic E-state index is 13.2. The number of carbonyl (C=O) groups is 1. The molecule has 3 aliphatic rings. The molecule has 1 amide bonds. The van der Waals surface area contributed by atoms with Gasteiger partial charge in [-0.1, -0.05) is 0 Å². The van der Waals surface area contributed by atoms with Crippen molar-refractivity contribution in [2.24, 2.45) is 17.8 Å². The summed E-state index contributed by atoms with van der Waals surface area (Å²) in [4.78, 5) is 16.6. The third-order valence-corrected chi connectivity index (χ3v) is 8.51. The second kappa shape index (κ2) is 6.38. The highest BCUT2D eigenvalue weighted by Gasteiger charge is 2.61. The molecule has 5 rings (SSSR count). The molecule has 2 aliphatic carbocycles. The van der Waals surface area contributed by atoms with E-state index in [4.69, 9.17) is 4.42 Å². The number of fused-ring (bicyclic) bond motifs is 1. The molecule has 2 bridgehead atoms. The van der Waals surface area contributed by atoms with Crippen LogP contribution in [0, 0.1) is 31.6 Å². The van der Waals surface area contributed by atoms with Gasteiger partial charge in [-0.2, -0.15) is 4.31 Å². The van der Waals surface area contributed by atoms with Gasteiger partial charge >= 0.3 is 0 Å². The van der Waals surface area contributed by atoms with E-state index in [1.165, 1.54) is 16.4 Å². The normalized spacial score (nSPS) is 30.8. The molecule has 3 fully saturated rings. The summed E-state index contributed by atoms with van der Waals surface area (Å²) in [7, 11) is -3.70. The Morgan fingerprint density at radius 3 is 2.55 bits per heavy atom. The van der Waals surface area contributed by atoms with Gasteiger partial charge in [-0.25, -0.2) is 13.4 Å². The van der Waals surface area contributed by atoms with Gasteiger partial charge in [-0.05, 0) is 61.8 Å². The molecule has 1 aromatic carbocycles. The maximum Gasteiger partial charge on any atom is 0.293 e. The summed E-state index contributed by atoms with van der Waals surface area (Å²) >= 11 is 0. The smallest absolute Gasteiger partial charge is 0.293 e. The Morgan fingerprint density at radius 2 is 1.93 bits per heavy atom. The monoisotopic (exact) mass is 417 g/mol. The summed E-state index contributed by atoms with van der Waals surface area (Å²) in [5.74, 6) is 0.972. The van der Waals surface area contributed by atoms with E-state index in [0.29, 0.717) is 29.7 Å². The number of amides is 1. The number of oxazole rings is 1. The quantitative estimate of drug-likeness (QED) is 0.786. The molecule has 1 aromatic heterocycles. The number of hydrogen-bond acceptors (Lipinski definition) is 6. The first kappa shape index (κ1) is 18.8. The third kappa shape index (κ3) is 2.83. The van der Waals surface area contributed by atoms with Crippen LogP contribution in [0.1, 0.15) is 35.0 Å². The van der Waals surface area contributed by atoms with Crippen LogP contribution in [0.3, 0.4) is 0 Å². The predicted octanol–water partition coefficient (Wildman–Crippen LogP) is 1.93. The van der Waals surface area contributed by atoms with E-state index in [2.05, 4.69) is 10.3 Å². The van der Waals surface area contributed by atoms with Crippen LogP contribution in [-0.2, 0) is 10.0 Å². The summed E-state index contributed by atoms with van der Waals surface area (Å²) in [6, 6.07) is 5.79. The molecule has 0 radical (unpaired) electrons. The van der Waals surface area contributed by atoms with Gasteiger partial charge in [0.2, 0.25) is 15.8 Å². The van der Waals surface area contributed by atoms with Crippen LogP contribution in [0.2, 0.25) is 0 Å². The molecule has 8 nitrogen and oxygen atoms in total. The number of aromatic nitrogens is 1. The number of hydrogen-bond donors (Lipinski definition) is 2. The second-order valence-electron chi connectivity index (χ2n) is 8.34. The van der Waals surface area contributed by atoms with Gasteiger partial charge in [0.05, 0.1) is 22.7 Å². The molecular weight excluding hydrogens is 394 g/mol. The number of aliphatic hydroxyl groups excluding tert-OH is 1. The molecule has 29 heavy (non-hydrogen) atoms. The molecule has 154 valence electrons. The highest BCUT2D eigenvalue weighted by atomic mass is 32.2. The number of anilines is 1. The highest BCUT2D eigenvalue weighted by molar-refractivity contribution is 7.89. The van der Waals surface area contributed by atoms with Gasteiger partial charge in [0.1, 0.15) is 0 Å². The Morgan fingerprint density at radius 1 is 1.21 bits per heavy atom. The Kier molecular flexibility index (Phi) is 4.13. The molecule has 2 heterocycles. The largest absolute Gasteiger partial charge is 0.436 e. The number of carbonyl (C=O) groups excluding carboxylic acids is 1. The van der Waals surface area contributed by atoms with Crippen LogP contribution in [0.4, 0.5) is 5.69 Å². The van der Waals surface area contributed by atoms with Crippen molar-refractivity contribution in [3.8, 4) is 0 Å². The van der Waals surface area contributed by atoms with E-state index in [0.717, 1.165) is 12.8 Å². The summed E-state index contributed by atoms with van der Waals surface area (Å²) in [5, 5.41) is 13.2. The van der Waals surface area contributed by atoms with E-state index < -0.39 is 22.0 Å². The van der Waals surface area contributed by atoms with Gasteiger partial charge in [0, 0.05) is 19.2 Å². The molecule has 2 N–H and O–H groups in total. The molecule has 0 spiro atoms. The molecule has 0 unspecified atom stereocenters. The number of aliphatic hydroxyl groups is 1. The first-order valence-electron chi connectivity index (χ1n) is 9.81. The lowest BCUT2D eigenvalue weighted by atomic mass is 9.88. The summed E-state index contributed by atoms with van der Waals surface area (Å²) < 4.78 is 33.2. The second-order valence-corrected chi connectivity index (χ2v) is 10.2. The van der Waals surface area contributed by atoms with Crippen LogP contribution >= 0.6 is 0 Å². The van der Waals surface area contributed by atoms with E-state index in [1.807, 2.05) is 0 Å². The van der Waals surface area contributed by atoms with Crippen LogP contribution < -0.4 is 5.32 Å². The fraction of sp³-hybridized carbons (Fsp3) is 0.500. The zero-order valence-corrected chi connectivity index (χ0v) is 17.0. The van der Waals surface area contributed by atoms with Crippen molar-refractivity contribution in [3.05, 3.63) is 41.6 Å². The van der Waals surface area contributed by atoms with Gasteiger partial charge in [-0.15, -0.1) is 0 Å². The number of sulfonamides is 1. The first-order valence-corrected chi connectivity index (χ1v) is 11.2. The summed E-state index contributed by atoms with van der Waals surface area (Å²) in [6.45, 7) is 3.83. The van der Waals surface area contributed by atoms with E-state index in [1.54, 1.807) is 26.0 Å². The fourth-order valence-corrected chi connectivity index (χ4v) is 7.15. The van der Waals surface area contributed by atoms with Crippen molar-refractivity contribution in [2.45, 2.75) is 43.7 Å². The minimum absolute atomic E-state index is 0.136. The average molecular weight is 417 g/mol. The lowest BCUT2D eigenvalue weighted by Crippen LogP contribution is -2.43. The molecular formula is C20H23N3O5S. The highest BCUT2D eigenvalue weighted by Crippen LogP contribution is 2.56. The number of aryl methyl sites for hydroxylation is 2. The molecule has 1 saturated heterocycles. The van der Waals surface area contributed by atoms with Crippen molar-refractivity contribution in [2.75, 3.05) is 11.9 Å². The Labute approximate surface area is 169 Å². The van der Waals surface area contributed by atoms with E-state index >= 15 is 0 Å². The zero-order chi connectivity index (χ0) is 20.5. The first-order chi connectivity index (χ1) is 13.8. The molecule has 2 aromatic rings. The SMILES string of the molecule is Cc1nc(C)c(C(=O)Nc2ccc(S(=O)(=O)N3C[C@@H]4C[C@H]5C[C@H]4[C@H]3[C@@H]5O)cc2)o1. The Bertz CT molecular complexity index is 1080. The lowest BCUT2D eigenvalue weighted by Gasteiger charge is -2.28. The fourth-order valence-electron chi connectivity index (χ4n) is 5.41. The molecule has 5 atom stereocenters. The Hall–Kier alpha value is -2.23. The minimum atomic E-state index is -3.70. The lowest BCUT2D eigenvalue weighted by molar-refractivity contribution is 0.0731. The van der Waals surface area contributed by atoms with Gasteiger partial charge in [0.25, 0.3) is 5.91 Å². The van der Waals surface area contributed by atoms with Crippen LogP contribution in [-0.4, -0.2) is 47.4 Å². The van der Waals surface area contributed by atoms with Gasteiger partial charge in [-0.3, -0.25) is 4.79 Å². The van der Waals surface area contributed by atoms with Crippen molar-refractivity contribution < 1.29 is 22.7 Å². The van der Waals surface area contributed by atoms with Crippen molar-refractivity contribution in [1.82, 2.24) is 9.29 Å². The van der Waals surface area contributed by atoms with Crippen LogP contribution in [0.15, 0.2) is 33.6 Å². The number of benzene rings is 1. The van der Waals surface area contributed by atoms with Crippen molar-refractivity contribution in [3.63, 3.8) is 0 Å². The molecule has 9 heteroatoms. The summed E-state index contributed by atoms with van der Waals surface area (Å²) in [6.07, 6.45) is 1.27. The average Bonchev–Trinajstić information content (AvgIpc) is 3.37. The number of nitrogens with one attached hydrogen (secondary N) is 1. The predicted molar refractivity (Wildman–Crippen MR) is 104 cm³/mol. The van der Waals surface area contributed by atoms with Gasteiger partial charge < -0.3 is 14.8 Å². The number of rotatable bonds is 4. The maximum absolute atomic E-state index is 13.2. The standard InChI is InChI=1S/C20H23N3O5S/c1-10-19(28-11(2)21-10)20(25)22-14-3-5-15(6-4-14)29(26,27)23-9-13-7-12-8-16(13)17(23)18(12)24/h3-6,12-13,16-18,24H,7-9H2,1-2H3,(H,22,25)/t12-,13-,16+,17-,18+/m0/s1. The summed E-state index contributed by atoms with van der Waals surface area (Å²) in [5.41, 5.74) is 0.959. The topological polar surface area (TPSA) is 113 Å². The zero-order valence-electron chi connectivity index (χ0n) is 16.2. The third-order valence-electron chi connectivity index (χ3n) is 6.63. The van der Waals surface area contributed by atoms with Crippen LogP contribution in [0.25, 0.3) is 0 Å². The minimum Gasteiger partial charge on any atom is -0.436 e. The van der Waals surface area contributed by atoms with Crippen LogP contribution in [0.5, 0.6) is 0 Å². The Balaban J connectivity index is 1.35. The van der Waals surface area contributed by atoms with E-state index in [9.17, 15) is 18.3 Å². The van der Waals surface area contributed by atoms with Crippen molar-refractivity contribution >= 4 is 21.6 Å². The number of nitrogens with zero attached hydrogens (tertiary/aromatic N) is 2.